The number of nitrogens with one attached hydrogen (secondary N) is 1. The van der Waals surface area contributed by atoms with Crippen LogP contribution in [0.1, 0.15) is 53.5 Å². The minimum Gasteiger partial charge on any atom is -0.307 e. The number of sulfonamides is 1. The molecule has 0 saturated heterocycles. The van der Waals surface area contributed by atoms with Gasteiger partial charge in [-0.3, -0.25) is 0 Å². The van der Waals surface area contributed by atoms with Crippen LogP contribution in [0.3, 0.4) is 0 Å². The first-order valence-corrected chi connectivity index (χ1v) is 11.8. The van der Waals surface area contributed by atoms with E-state index in [1.165, 1.54) is 0 Å². The van der Waals surface area contributed by atoms with Crippen molar-refractivity contribution in [1.29, 1.82) is 0 Å². The lowest BCUT2D eigenvalue weighted by Gasteiger charge is -2.56. The number of alkyl halides is 1. The van der Waals surface area contributed by atoms with Crippen LogP contribution in [0.5, 0.6) is 0 Å². The fourth-order valence-electron chi connectivity index (χ4n) is 3.45. The Hall–Kier alpha value is -0.180. The molecule has 0 spiro atoms. The molecule has 0 aliphatic carbocycles. The van der Waals surface area contributed by atoms with Gasteiger partial charge in [-0.05, 0) is 83.2 Å². The fraction of sp³-hybridized carbons (Fsp3) is 0.684. The van der Waals surface area contributed by atoms with Gasteiger partial charge in [0.15, 0.2) is 0 Å². The molecule has 0 aromatic heterocycles. The summed E-state index contributed by atoms with van der Waals surface area (Å²) in [5.74, 6) is 0. The maximum Gasteiger partial charge on any atom is 0.240 e. The highest BCUT2D eigenvalue weighted by molar-refractivity contribution is 14.1. The topological polar surface area (TPSA) is 46.2 Å². The Morgan fingerprint density at radius 2 is 1.48 bits per heavy atom. The molecule has 1 aromatic rings. The summed E-state index contributed by atoms with van der Waals surface area (Å²) >= 11 is 2.47. The smallest absolute Gasteiger partial charge is 0.240 e. The molecule has 1 N–H and O–H groups in total. The molecular weight excluding hydrogens is 447 g/mol. The van der Waals surface area contributed by atoms with Gasteiger partial charge < -0.3 is 4.48 Å². The molecular formula is C19H34IN2O2S+. The zero-order valence-corrected chi connectivity index (χ0v) is 19.7. The Bertz CT molecular complexity index is 642. The molecule has 0 aliphatic heterocycles. The molecule has 0 fully saturated rings. The minimum absolute atomic E-state index is 0.0925. The Kier molecular flexibility index (Phi) is 7.53. The second-order valence-corrected chi connectivity index (χ2v) is 11.2. The highest BCUT2D eigenvalue weighted by Gasteiger charge is 2.47. The van der Waals surface area contributed by atoms with Crippen molar-refractivity contribution in [3.8, 4) is 0 Å². The monoisotopic (exact) mass is 481 g/mol. The average Bonchev–Trinajstić information content (AvgIpc) is 2.45. The second kappa shape index (κ2) is 8.23. The SMILES string of the molecule is Cc1ccc(S(=O)(=O)NCCC[N+](CI)(C(C)(C)C)C(C)(C)C)cc1. The van der Waals surface area contributed by atoms with E-state index >= 15 is 0 Å². The minimum atomic E-state index is -3.43. The van der Waals surface area contributed by atoms with Crippen LogP contribution >= 0.6 is 22.6 Å². The molecule has 1 aromatic carbocycles. The van der Waals surface area contributed by atoms with E-state index in [0.29, 0.717) is 11.4 Å². The van der Waals surface area contributed by atoms with Gasteiger partial charge in [0.25, 0.3) is 0 Å². The first-order valence-electron chi connectivity index (χ1n) is 8.76. The molecule has 0 radical (unpaired) electrons. The van der Waals surface area contributed by atoms with Gasteiger partial charge in [-0.25, -0.2) is 13.1 Å². The largest absolute Gasteiger partial charge is 0.307 e. The first kappa shape index (κ1) is 22.9. The molecule has 0 atom stereocenters. The van der Waals surface area contributed by atoms with Crippen LogP contribution in [0.25, 0.3) is 0 Å². The quantitative estimate of drug-likeness (QED) is 0.205. The van der Waals surface area contributed by atoms with E-state index in [1.807, 2.05) is 19.1 Å². The van der Waals surface area contributed by atoms with E-state index in [-0.39, 0.29) is 11.1 Å². The Balaban J connectivity index is 2.79. The van der Waals surface area contributed by atoms with Gasteiger partial charge in [0.05, 0.1) is 22.5 Å². The number of quaternary nitrogens is 1. The third-order valence-electron chi connectivity index (χ3n) is 5.11. The lowest BCUT2D eigenvalue weighted by atomic mass is 9.91. The Morgan fingerprint density at radius 3 is 1.88 bits per heavy atom. The van der Waals surface area contributed by atoms with Crippen LogP contribution in [0.15, 0.2) is 29.2 Å². The first-order chi connectivity index (χ1) is 11.3. The van der Waals surface area contributed by atoms with Crippen molar-refractivity contribution in [2.75, 3.05) is 17.6 Å². The summed E-state index contributed by atoms with van der Waals surface area (Å²) in [7, 11) is -3.43. The molecule has 0 unspecified atom stereocenters. The predicted octanol–water partition coefficient (Wildman–Crippen LogP) is 4.47. The van der Waals surface area contributed by atoms with Crippen LogP contribution < -0.4 is 4.72 Å². The molecule has 1 rings (SSSR count). The summed E-state index contributed by atoms with van der Waals surface area (Å²) in [5.41, 5.74) is 1.24. The van der Waals surface area contributed by atoms with Crippen molar-refractivity contribution in [1.82, 2.24) is 4.72 Å². The summed E-state index contributed by atoms with van der Waals surface area (Å²) in [6.45, 7) is 17.0. The van der Waals surface area contributed by atoms with Gasteiger partial charge in [0.1, 0.15) is 4.55 Å². The third-order valence-corrected chi connectivity index (χ3v) is 7.75. The third kappa shape index (κ3) is 5.40. The van der Waals surface area contributed by atoms with Crippen molar-refractivity contribution < 1.29 is 12.9 Å². The maximum atomic E-state index is 12.4. The van der Waals surface area contributed by atoms with E-state index in [2.05, 4.69) is 68.9 Å². The number of halogens is 1. The summed E-state index contributed by atoms with van der Waals surface area (Å²) in [4.78, 5) is 0.333. The fourth-order valence-corrected chi connectivity index (χ4v) is 6.91. The highest BCUT2D eigenvalue weighted by atomic mass is 127. The molecule has 144 valence electrons. The molecule has 0 heterocycles. The molecule has 6 heteroatoms. The molecule has 0 bridgehead atoms. The van der Waals surface area contributed by atoms with Crippen LogP contribution in [0.2, 0.25) is 0 Å². The van der Waals surface area contributed by atoms with Crippen molar-refractivity contribution >= 4 is 32.6 Å². The van der Waals surface area contributed by atoms with Crippen molar-refractivity contribution in [3.05, 3.63) is 29.8 Å². The van der Waals surface area contributed by atoms with Gasteiger partial charge in [-0.15, -0.1) is 0 Å². The summed E-state index contributed by atoms with van der Waals surface area (Å²) in [5, 5.41) is 0. The molecule has 0 saturated carbocycles. The van der Waals surface area contributed by atoms with Crippen molar-refractivity contribution in [2.45, 2.75) is 70.9 Å². The van der Waals surface area contributed by atoms with Crippen molar-refractivity contribution in [3.63, 3.8) is 0 Å². The Morgan fingerprint density at radius 1 is 1.00 bits per heavy atom. The van der Waals surface area contributed by atoms with E-state index < -0.39 is 10.0 Å². The standard InChI is InChI=1S/C19H34IN2O2S/c1-16-9-11-17(12-10-16)25(23,24)21-13-8-14-22(15-20,18(2,3)4)19(5,6)7/h9-12,21H,8,13-15H2,1-7H3/q+1. The zero-order chi connectivity index (χ0) is 19.5. The van der Waals surface area contributed by atoms with Crippen LogP contribution in [-0.4, -0.2) is 41.6 Å². The maximum absolute atomic E-state index is 12.4. The lowest BCUT2D eigenvalue weighted by molar-refractivity contribution is -0.997. The lowest BCUT2D eigenvalue weighted by Crippen LogP contribution is -2.69. The number of rotatable bonds is 7. The summed E-state index contributed by atoms with van der Waals surface area (Å²) in [6, 6.07) is 6.97. The van der Waals surface area contributed by atoms with Gasteiger partial charge in [0.2, 0.25) is 10.0 Å². The van der Waals surface area contributed by atoms with Gasteiger partial charge in [-0.2, -0.15) is 0 Å². The van der Waals surface area contributed by atoms with E-state index in [9.17, 15) is 8.42 Å². The molecule has 4 nitrogen and oxygen atoms in total. The molecule has 0 aliphatic rings. The van der Waals surface area contributed by atoms with E-state index in [4.69, 9.17) is 0 Å². The number of benzene rings is 1. The normalized spacial score (nSPS) is 13.9. The second-order valence-electron chi connectivity index (χ2n) is 8.72. The average molecular weight is 481 g/mol. The number of nitrogens with zero attached hydrogens (tertiary/aromatic N) is 1. The van der Waals surface area contributed by atoms with Crippen LogP contribution in [-0.2, 0) is 10.0 Å². The number of aryl methyl sites for hydroxylation is 1. The number of hydrogen-bond donors (Lipinski definition) is 1. The van der Waals surface area contributed by atoms with E-state index in [1.54, 1.807) is 12.1 Å². The highest BCUT2D eigenvalue weighted by Crippen LogP contribution is 2.37. The van der Waals surface area contributed by atoms with Crippen LogP contribution in [0.4, 0.5) is 0 Å². The van der Waals surface area contributed by atoms with E-state index in [0.717, 1.165) is 27.6 Å². The van der Waals surface area contributed by atoms with Crippen LogP contribution in [0, 0.1) is 6.92 Å². The van der Waals surface area contributed by atoms with Crippen molar-refractivity contribution in [2.24, 2.45) is 0 Å². The summed E-state index contributed by atoms with van der Waals surface area (Å²) < 4.78 is 29.5. The molecule has 25 heavy (non-hydrogen) atoms. The number of hydrogen-bond acceptors (Lipinski definition) is 2. The predicted molar refractivity (Wildman–Crippen MR) is 115 cm³/mol. The molecule has 0 amide bonds. The van der Waals surface area contributed by atoms with Gasteiger partial charge in [-0.1, -0.05) is 17.7 Å². The van der Waals surface area contributed by atoms with Gasteiger partial charge >= 0.3 is 0 Å². The Labute approximate surface area is 168 Å². The van der Waals surface area contributed by atoms with Gasteiger partial charge in [0, 0.05) is 13.0 Å². The summed E-state index contributed by atoms with van der Waals surface area (Å²) in [6.07, 6.45) is 0.808. The zero-order valence-electron chi connectivity index (χ0n) is 16.7.